The molecule has 0 bridgehead atoms. The Morgan fingerprint density at radius 3 is 3.14 bits per heavy atom. The number of amides is 1. The Hall–Kier alpha value is -2.30. The summed E-state index contributed by atoms with van der Waals surface area (Å²) in [6.45, 7) is 2.16. The third kappa shape index (κ3) is 2.39. The van der Waals surface area contributed by atoms with Crippen LogP contribution in [0.2, 0.25) is 0 Å². The van der Waals surface area contributed by atoms with Crippen molar-refractivity contribution in [2.75, 3.05) is 6.61 Å². The molecule has 110 valence electrons. The van der Waals surface area contributed by atoms with Gasteiger partial charge in [-0.2, -0.15) is 0 Å². The summed E-state index contributed by atoms with van der Waals surface area (Å²) in [5, 5.41) is 3.90. The van der Waals surface area contributed by atoms with E-state index in [1.54, 1.807) is 13.0 Å². The predicted molar refractivity (Wildman–Crippen MR) is 79.1 cm³/mol. The quantitative estimate of drug-likeness (QED) is 0.670. The molecule has 5 nitrogen and oxygen atoms in total. The highest BCUT2D eigenvalue weighted by atomic mass is 16.5. The third-order valence-electron chi connectivity index (χ3n) is 3.99. The number of esters is 1. The van der Waals surface area contributed by atoms with Crippen molar-refractivity contribution in [1.29, 1.82) is 0 Å². The van der Waals surface area contributed by atoms with E-state index >= 15 is 0 Å². The van der Waals surface area contributed by atoms with E-state index in [0.29, 0.717) is 12.2 Å². The number of nitrogens with one attached hydrogen (secondary N) is 2. The molecule has 2 N–H and O–H groups in total. The zero-order valence-electron chi connectivity index (χ0n) is 11.9. The summed E-state index contributed by atoms with van der Waals surface area (Å²) in [6, 6.07) is 5.58. The minimum absolute atomic E-state index is 0.0321. The second-order valence-corrected chi connectivity index (χ2v) is 5.23. The molecule has 0 radical (unpaired) electrons. The van der Waals surface area contributed by atoms with E-state index in [2.05, 4.69) is 10.3 Å². The van der Waals surface area contributed by atoms with Gasteiger partial charge in [0, 0.05) is 16.6 Å². The summed E-state index contributed by atoms with van der Waals surface area (Å²) in [5.41, 5.74) is 3.82. The van der Waals surface area contributed by atoms with E-state index in [1.165, 1.54) is 5.56 Å². The van der Waals surface area contributed by atoms with Gasteiger partial charge in [0.2, 0.25) is 6.41 Å². The molecule has 0 unspecified atom stereocenters. The van der Waals surface area contributed by atoms with Gasteiger partial charge in [-0.25, -0.2) is 4.79 Å². The van der Waals surface area contributed by atoms with Gasteiger partial charge in [0.15, 0.2) is 0 Å². The van der Waals surface area contributed by atoms with Crippen LogP contribution in [-0.4, -0.2) is 24.0 Å². The predicted octanol–water partition coefficient (Wildman–Crippen LogP) is 2.47. The molecule has 5 heteroatoms. The Balaban J connectivity index is 2.05. The molecule has 2 aromatic rings. The fourth-order valence-corrected chi connectivity index (χ4v) is 3.05. The Morgan fingerprint density at radius 1 is 1.52 bits per heavy atom. The number of carbonyl (C=O) groups excluding carboxylic acids is 2. The molecule has 0 fully saturated rings. The van der Waals surface area contributed by atoms with E-state index in [0.717, 1.165) is 42.3 Å². The molecular weight excluding hydrogens is 268 g/mol. The van der Waals surface area contributed by atoms with Gasteiger partial charge in [-0.1, -0.05) is 0 Å². The van der Waals surface area contributed by atoms with Crippen LogP contribution >= 0.6 is 0 Å². The second-order valence-electron chi connectivity index (χ2n) is 5.23. The lowest BCUT2D eigenvalue weighted by atomic mass is 9.91. The highest BCUT2D eigenvalue weighted by Crippen LogP contribution is 2.34. The van der Waals surface area contributed by atoms with Crippen LogP contribution in [0.25, 0.3) is 10.9 Å². The number of benzene rings is 1. The molecule has 1 amide bonds. The van der Waals surface area contributed by atoms with E-state index < -0.39 is 0 Å². The second kappa shape index (κ2) is 5.60. The Labute approximate surface area is 122 Å². The molecule has 1 aromatic heterocycles. The number of hydrogen-bond donors (Lipinski definition) is 2. The molecule has 0 saturated heterocycles. The number of aryl methyl sites for hydroxylation is 1. The summed E-state index contributed by atoms with van der Waals surface area (Å²) in [5.74, 6) is -0.298. The monoisotopic (exact) mass is 286 g/mol. The zero-order valence-corrected chi connectivity index (χ0v) is 11.9. The topological polar surface area (TPSA) is 71.2 Å². The molecule has 1 atom stereocenters. The normalized spacial score (nSPS) is 17.3. The van der Waals surface area contributed by atoms with Crippen molar-refractivity contribution >= 4 is 23.3 Å². The SMILES string of the molecule is CCOC(=O)c1ccc2[nH]c3c(c2c1)CCC[C@@H]3NC=O. The molecule has 1 aliphatic rings. The van der Waals surface area contributed by atoms with Crippen LogP contribution < -0.4 is 5.32 Å². The van der Waals surface area contributed by atoms with Crippen molar-refractivity contribution in [3.63, 3.8) is 0 Å². The van der Waals surface area contributed by atoms with E-state index in [-0.39, 0.29) is 12.0 Å². The fourth-order valence-electron chi connectivity index (χ4n) is 3.05. The standard InChI is InChI=1S/C16H18N2O3/c1-2-21-16(20)10-6-7-13-12(8-10)11-4-3-5-14(17-9-19)15(11)18-13/h6-9,14,18H,2-5H2,1H3,(H,17,19)/t14-/m0/s1. The Morgan fingerprint density at radius 2 is 2.38 bits per heavy atom. The highest BCUT2D eigenvalue weighted by Gasteiger charge is 2.24. The molecule has 3 rings (SSSR count). The van der Waals surface area contributed by atoms with Gasteiger partial charge in [0.1, 0.15) is 0 Å². The van der Waals surface area contributed by atoms with E-state index in [9.17, 15) is 9.59 Å². The van der Waals surface area contributed by atoms with Crippen molar-refractivity contribution in [1.82, 2.24) is 10.3 Å². The van der Waals surface area contributed by atoms with Crippen molar-refractivity contribution in [3.05, 3.63) is 35.0 Å². The minimum atomic E-state index is -0.298. The maximum Gasteiger partial charge on any atom is 0.338 e. The largest absolute Gasteiger partial charge is 0.462 e. The molecule has 0 aliphatic heterocycles. The van der Waals surface area contributed by atoms with Gasteiger partial charge < -0.3 is 15.0 Å². The highest BCUT2D eigenvalue weighted by molar-refractivity contribution is 5.96. The number of fused-ring (bicyclic) bond motifs is 3. The number of hydrogen-bond acceptors (Lipinski definition) is 3. The lowest BCUT2D eigenvalue weighted by Gasteiger charge is -2.21. The first-order valence-electron chi connectivity index (χ1n) is 7.26. The molecule has 0 spiro atoms. The van der Waals surface area contributed by atoms with Crippen LogP contribution in [0.4, 0.5) is 0 Å². The Kier molecular flexibility index (Phi) is 3.64. The fraction of sp³-hybridized carbons (Fsp3) is 0.375. The number of aromatic amines is 1. The Bertz CT molecular complexity index is 690. The van der Waals surface area contributed by atoms with Crippen molar-refractivity contribution in [2.45, 2.75) is 32.2 Å². The van der Waals surface area contributed by atoms with Gasteiger partial charge >= 0.3 is 5.97 Å². The third-order valence-corrected chi connectivity index (χ3v) is 3.99. The van der Waals surface area contributed by atoms with Crippen molar-refractivity contribution < 1.29 is 14.3 Å². The zero-order chi connectivity index (χ0) is 14.8. The van der Waals surface area contributed by atoms with Crippen molar-refractivity contribution in [2.24, 2.45) is 0 Å². The molecule has 1 aliphatic carbocycles. The van der Waals surface area contributed by atoms with Crippen LogP contribution in [0.1, 0.15) is 47.4 Å². The number of H-pyrrole nitrogens is 1. The number of rotatable bonds is 4. The van der Waals surface area contributed by atoms with Gasteiger partial charge in [-0.15, -0.1) is 0 Å². The molecule has 1 aromatic carbocycles. The van der Waals surface area contributed by atoms with Crippen molar-refractivity contribution in [3.8, 4) is 0 Å². The van der Waals surface area contributed by atoms with Gasteiger partial charge in [0.25, 0.3) is 0 Å². The van der Waals surface area contributed by atoms with Crippen LogP contribution in [0.15, 0.2) is 18.2 Å². The first kappa shape index (κ1) is 13.7. The minimum Gasteiger partial charge on any atom is -0.462 e. The van der Waals surface area contributed by atoms with E-state index in [4.69, 9.17) is 4.74 Å². The maximum absolute atomic E-state index is 11.9. The van der Waals surface area contributed by atoms with Crippen LogP contribution in [0.3, 0.4) is 0 Å². The van der Waals surface area contributed by atoms with E-state index in [1.807, 2.05) is 12.1 Å². The number of carbonyl (C=O) groups is 2. The van der Waals surface area contributed by atoms with Crippen LogP contribution in [0, 0.1) is 0 Å². The molecular formula is C16H18N2O3. The maximum atomic E-state index is 11.9. The summed E-state index contributed by atoms with van der Waals surface area (Å²) in [6.07, 6.45) is 3.66. The number of ether oxygens (including phenoxy) is 1. The van der Waals surface area contributed by atoms with Gasteiger partial charge in [0.05, 0.1) is 18.2 Å². The van der Waals surface area contributed by atoms with Crippen LogP contribution in [0.5, 0.6) is 0 Å². The van der Waals surface area contributed by atoms with Gasteiger partial charge in [-0.05, 0) is 49.9 Å². The summed E-state index contributed by atoms with van der Waals surface area (Å²) < 4.78 is 5.05. The molecule has 1 heterocycles. The number of aromatic nitrogens is 1. The summed E-state index contributed by atoms with van der Waals surface area (Å²) in [4.78, 5) is 26.0. The summed E-state index contributed by atoms with van der Waals surface area (Å²) in [7, 11) is 0. The average Bonchev–Trinajstić information content (AvgIpc) is 2.87. The lowest BCUT2D eigenvalue weighted by Crippen LogP contribution is -2.23. The van der Waals surface area contributed by atoms with Gasteiger partial charge in [-0.3, -0.25) is 4.79 Å². The van der Waals surface area contributed by atoms with Crippen LogP contribution in [-0.2, 0) is 16.0 Å². The molecule has 21 heavy (non-hydrogen) atoms. The smallest absolute Gasteiger partial charge is 0.338 e. The molecule has 0 saturated carbocycles. The first-order valence-corrected chi connectivity index (χ1v) is 7.26. The summed E-state index contributed by atoms with van der Waals surface area (Å²) >= 11 is 0. The lowest BCUT2D eigenvalue weighted by molar-refractivity contribution is -0.110. The first-order chi connectivity index (χ1) is 10.2. The average molecular weight is 286 g/mol.